The highest BCUT2D eigenvalue weighted by atomic mass is 19.3. The summed E-state index contributed by atoms with van der Waals surface area (Å²) in [5.74, 6) is -2.09. The summed E-state index contributed by atoms with van der Waals surface area (Å²) in [7, 11) is 0. The Hall–Kier alpha value is -1.92. The monoisotopic (exact) mass is 369 g/mol. The van der Waals surface area contributed by atoms with Crippen molar-refractivity contribution >= 4 is 17.5 Å². The summed E-state index contributed by atoms with van der Waals surface area (Å²) in [6, 6.07) is 1.54. The lowest BCUT2D eigenvalue weighted by molar-refractivity contribution is -0.143. The quantitative estimate of drug-likeness (QED) is 0.702. The predicted molar refractivity (Wildman–Crippen MR) is 98.5 cm³/mol. The zero-order valence-corrected chi connectivity index (χ0v) is 16.0. The second kappa shape index (κ2) is 8.18. The van der Waals surface area contributed by atoms with E-state index in [0.717, 1.165) is 5.56 Å². The van der Waals surface area contributed by atoms with Gasteiger partial charge in [-0.15, -0.1) is 0 Å². The molecular weight excluding hydrogens is 340 g/mol. The van der Waals surface area contributed by atoms with E-state index in [9.17, 15) is 13.6 Å². The molecule has 1 aromatic heterocycles. The highest BCUT2D eigenvalue weighted by molar-refractivity contribution is 5.71. The number of nitrogen functional groups attached to an aromatic ring is 1. The van der Waals surface area contributed by atoms with Gasteiger partial charge in [0.15, 0.2) is 5.82 Å². The number of anilines is 2. The fourth-order valence-corrected chi connectivity index (χ4v) is 3.24. The minimum Gasteiger partial charge on any atom is -0.466 e. The topological polar surface area (TPSA) is 68.5 Å². The Kier molecular flexibility index (Phi) is 6.42. The summed E-state index contributed by atoms with van der Waals surface area (Å²) in [6.07, 6.45) is 1.60. The third-order valence-corrected chi connectivity index (χ3v) is 4.61. The maximum atomic E-state index is 13.3. The summed E-state index contributed by atoms with van der Waals surface area (Å²) in [4.78, 5) is 18.0. The Bertz CT molecular complexity index is 629. The van der Waals surface area contributed by atoms with E-state index in [1.165, 1.54) is 0 Å². The summed E-state index contributed by atoms with van der Waals surface area (Å²) < 4.78 is 31.6. The first kappa shape index (κ1) is 20.4. The lowest BCUT2D eigenvalue weighted by Crippen LogP contribution is -2.52. The largest absolute Gasteiger partial charge is 0.466 e. The van der Waals surface area contributed by atoms with Gasteiger partial charge in [-0.05, 0) is 30.4 Å². The van der Waals surface area contributed by atoms with E-state index in [1.807, 2.05) is 25.7 Å². The number of hydrogen-bond donors (Lipinski definition) is 1. The molecule has 5 nitrogen and oxygen atoms in total. The average Bonchev–Trinajstić information content (AvgIpc) is 2.50. The van der Waals surface area contributed by atoms with E-state index in [-0.39, 0.29) is 37.2 Å². The SMILES string of the molecule is CCOC(=O)C[C@@H](C)c1cnc(N(CC(C)C)C2CC(F)(F)C2)c(N)c1. The Balaban J connectivity index is 2.16. The average molecular weight is 369 g/mol. The Morgan fingerprint density at radius 2 is 2.08 bits per heavy atom. The van der Waals surface area contributed by atoms with Crippen LogP contribution in [0.25, 0.3) is 0 Å². The van der Waals surface area contributed by atoms with Crippen molar-refractivity contribution in [2.24, 2.45) is 5.92 Å². The van der Waals surface area contributed by atoms with Crippen LogP contribution in [0.4, 0.5) is 20.3 Å². The fraction of sp³-hybridized carbons (Fsp3) is 0.684. The number of nitrogens with zero attached hydrogens (tertiary/aromatic N) is 2. The van der Waals surface area contributed by atoms with Crippen LogP contribution in [0.2, 0.25) is 0 Å². The Morgan fingerprint density at radius 3 is 2.58 bits per heavy atom. The molecule has 0 bridgehead atoms. The molecule has 1 aliphatic carbocycles. The van der Waals surface area contributed by atoms with Crippen molar-refractivity contribution in [3.05, 3.63) is 17.8 Å². The van der Waals surface area contributed by atoms with Crippen molar-refractivity contribution in [3.63, 3.8) is 0 Å². The van der Waals surface area contributed by atoms with Gasteiger partial charge >= 0.3 is 5.97 Å². The molecule has 1 aromatic rings. The van der Waals surface area contributed by atoms with Crippen LogP contribution in [0.1, 0.15) is 58.4 Å². The van der Waals surface area contributed by atoms with Crippen LogP contribution in [-0.2, 0) is 9.53 Å². The van der Waals surface area contributed by atoms with Crippen molar-refractivity contribution in [3.8, 4) is 0 Å². The van der Waals surface area contributed by atoms with E-state index in [0.29, 0.717) is 30.6 Å². The van der Waals surface area contributed by atoms with E-state index < -0.39 is 5.92 Å². The van der Waals surface area contributed by atoms with Crippen LogP contribution in [0.3, 0.4) is 0 Å². The molecule has 7 heteroatoms. The molecule has 1 heterocycles. The molecule has 0 radical (unpaired) electrons. The van der Waals surface area contributed by atoms with Gasteiger partial charge in [0, 0.05) is 31.6 Å². The van der Waals surface area contributed by atoms with Gasteiger partial charge in [-0.25, -0.2) is 13.8 Å². The Morgan fingerprint density at radius 1 is 1.42 bits per heavy atom. The second-order valence-corrected chi connectivity index (χ2v) is 7.56. The van der Waals surface area contributed by atoms with E-state index >= 15 is 0 Å². The second-order valence-electron chi connectivity index (χ2n) is 7.56. The molecule has 2 N–H and O–H groups in total. The van der Waals surface area contributed by atoms with Crippen molar-refractivity contribution < 1.29 is 18.3 Å². The van der Waals surface area contributed by atoms with Gasteiger partial charge in [0.05, 0.1) is 18.7 Å². The summed E-state index contributed by atoms with van der Waals surface area (Å²) >= 11 is 0. The van der Waals surface area contributed by atoms with Crippen LogP contribution < -0.4 is 10.6 Å². The van der Waals surface area contributed by atoms with Gasteiger partial charge in [0.1, 0.15) is 0 Å². The third-order valence-electron chi connectivity index (χ3n) is 4.61. The zero-order valence-electron chi connectivity index (χ0n) is 16.0. The van der Waals surface area contributed by atoms with Crippen LogP contribution in [0, 0.1) is 5.92 Å². The number of rotatable bonds is 8. The van der Waals surface area contributed by atoms with Gasteiger partial charge in [-0.2, -0.15) is 0 Å². The summed E-state index contributed by atoms with van der Waals surface area (Å²) in [5.41, 5.74) is 7.49. The molecule has 2 rings (SSSR count). The molecule has 1 fully saturated rings. The van der Waals surface area contributed by atoms with Gasteiger partial charge in [0.25, 0.3) is 5.92 Å². The number of esters is 1. The van der Waals surface area contributed by atoms with Gasteiger partial charge in [-0.3, -0.25) is 4.79 Å². The summed E-state index contributed by atoms with van der Waals surface area (Å²) in [5, 5.41) is 0. The minimum atomic E-state index is -2.59. The number of ether oxygens (including phenoxy) is 1. The predicted octanol–water partition coefficient (Wildman–Crippen LogP) is 3.98. The maximum absolute atomic E-state index is 13.3. The number of nitrogens with two attached hydrogens (primary N) is 1. The third kappa shape index (κ3) is 5.05. The van der Waals surface area contributed by atoms with Crippen LogP contribution in [0.15, 0.2) is 12.3 Å². The molecule has 0 aromatic carbocycles. The highest BCUT2D eigenvalue weighted by Gasteiger charge is 2.48. The van der Waals surface area contributed by atoms with Gasteiger partial charge in [-0.1, -0.05) is 20.8 Å². The molecule has 0 spiro atoms. The number of hydrogen-bond acceptors (Lipinski definition) is 5. The van der Waals surface area contributed by atoms with Crippen LogP contribution in [0.5, 0.6) is 0 Å². The number of carbonyl (C=O) groups is 1. The molecule has 0 amide bonds. The standard InChI is InChI=1S/C19H29F2N3O2/c1-5-26-17(25)6-13(4)14-7-16(22)18(23-10-14)24(11-12(2)3)15-8-19(20,21)9-15/h7,10,12-13,15H,5-6,8-9,11,22H2,1-4H3/t13-/m1/s1. The molecular formula is C19H29F2N3O2. The lowest BCUT2D eigenvalue weighted by atomic mass is 9.86. The smallest absolute Gasteiger partial charge is 0.306 e. The molecule has 1 atom stereocenters. The minimum absolute atomic E-state index is 0.0792. The van der Waals surface area contributed by atoms with Crippen LogP contribution >= 0.6 is 0 Å². The van der Waals surface area contributed by atoms with Crippen molar-refractivity contribution in [2.45, 2.75) is 64.8 Å². The molecule has 146 valence electrons. The van der Waals surface area contributed by atoms with E-state index in [4.69, 9.17) is 10.5 Å². The van der Waals surface area contributed by atoms with Gasteiger partial charge in [0.2, 0.25) is 0 Å². The normalized spacial score (nSPS) is 17.7. The number of halogens is 2. The number of pyridine rings is 1. The van der Waals surface area contributed by atoms with Crippen LogP contribution in [-0.4, -0.2) is 36.1 Å². The molecule has 0 saturated heterocycles. The molecule has 0 unspecified atom stereocenters. The lowest BCUT2D eigenvalue weighted by Gasteiger charge is -2.44. The molecule has 1 saturated carbocycles. The first-order valence-corrected chi connectivity index (χ1v) is 9.18. The fourth-order valence-electron chi connectivity index (χ4n) is 3.24. The first-order valence-electron chi connectivity index (χ1n) is 9.18. The van der Waals surface area contributed by atoms with Crippen molar-refractivity contribution in [1.29, 1.82) is 0 Å². The number of alkyl halides is 2. The Labute approximate surface area is 153 Å². The number of aromatic nitrogens is 1. The summed E-state index contributed by atoms with van der Waals surface area (Å²) in [6.45, 7) is 8.72. The highest BCUT2D eigenvalue weighted by Crippen LogP contribution is 2.43. The molecule has 1 aliphatic rings. The first-order chi connectivity index (χ1) is 12.1. The molecule has 0 aliphatic heterocycles. The van der Waals surface area contributed by atoms with Gasteiger partial charge < -0.3 is 15.4 Å². The van der Waals surface area contributed by atoms with Crippen molar-refractivity contribution in [1.82, 2.24) is 4.98 Å². The maximum Gasteiger partial charge on any atom is 0.306 e. The zero-order chi connectivity index (χ0) is 19.5. The van der Waals surface area contributed by atoms with E-state index in [1.54, 1.807) is 19.2 Å². The number of carbonyl (C=O) groups excluding carboxylic acids is 1. The molecule has 26 heavy (non-hydrogen) atoms. The van der Waals surface area contributed by atoms with E-state index in [2.05, 4.69) is 4.98 Å². The van der Waals surface area contributed by atoms with Crippen molar-refractivity contribution in [2.75, 3.05) is 23.8 Å².